The van der Waals surface area contributed by atoms with E-state index in [2.05, 4.69) is 11.1 Å². The van der Waals surface area contributed by atoms with Crippen LogP contribution in [0.4, 0.5) is 0 Å². The van der Waals surface area contributed by atoms with Gasteiger partial charge in [0.15, 0.2) is 5.43 Å². The summed E-state index contributed by atoms with van der Waals surface area (Å²) in [4.78, 5) is 17.5. The maximum atomic E-state index is 13.1. The molecule has 0 bridgehead atoms. The number of fused-ring (bicyclic) bond motifs is 1. The van der Waals surface area contributed by atoms with Crippen LogP contribution in [0.5, 0.6) is 0 Å². The van der Waals surface area contributed by atoms with Crippen molar-refractivity contribution in [2.24, 2.45) is 4.99 Å². The van der Waals surface area contributed by atoms with E-state index in [1.807, 2.05) is 37.3 Å². The van der Waals surface area contributed by atoms with Crippen molar-refractivity contribution in [3.8, 4) is 0 Å². The maximum Gasteiger partial charge on any atom is 0.198 e. The molecule has 3 rings (SSSR count). The molecule has 23 heavy (non-hydrogen) atoms. The lowest BCUT2D eigenvalue weighted by Gasteiger charge is -2.12. The Hall–Kier alpha value is -2.13. The topological polar surface area (TPSA) is 42.6 Å². The Labute approximate surface area is 140 Å². The van der Waals surface area contributed by atoms with Crippen LogP contribution in [0.1, 0.15) is 42.5 Å². The fourth-order valence-corrected chi connectivity index (χ4v) is 3.11. The van der Waals surface area contributed by atoms with Crippen LogP contribution in [-0.4, -0.2) is 6.21 Å². The molecule has 1 aliphatic rings. The quantitative estimate of drug-likeness (QED) is 0.742. The number of benzene rings is 1. The molecule has 0 N–H and O–H groups in total. The molecule has 0 radical (unpaired) electrons. The largest absolute Gasteiger partial charge is 0.464 e. The Balaban J connectivity index is 2.25. The van der Waals surface area contributed by atoms with Crippen LogP contribution in [0.15, 0.2) is 50.8 Å². The molecule has 0 spiro atoms. The molecule has 4 heteroatoms. The Bertz CT molecular complexity index is 862. The Morgan fingerprint density at radius 1 is 1.43 bits per heavy atom. The second-order valence-corrected chi connectivity index (χ2v) is 5.75. The summed E-state index contributed by atoms with van der Waals surface area (Å²) in [5.41, 5.74) is 2.93. The van der Waals surface area contributed by atoms with E-state index in [-0.39, 0.29) is 11.5 Å². The molecule has 0 aliphatic carbocycles. The zero-order valence-corrected chi connectivity index (χ0v) is 13.7. The van der Waals surface area contributed by atoms with Gasteiger partial charge in [0.2, 0.25) is 0 Å². The number of alkyl halides is 1. The van der Waals surface area contributed by atoms with Gasteiger partial charge in [-0.25, -0.2) is 0 Å². The third-order valence-electron chi connectivity index (χ3n) is 4.03. The minimum atomic E-state index is -0.163. The van der Waals surface area contributed by atoms with Gasteiger partial charge in [-0.05, 0) is 43.0 Å². The number of nitrogens with zero attached hydrogens (tertiary/aromatic N) is 1. The van der Waals surface area contributed by atoms with E-state index in [1.165, 1.54) is 0 Å². The highest BCUT2D eigenvalue weighted by Gasteiger charge is 2.19. The van der Waals surface area contributed by atoms with Crippen molar-refractivity contribution in [1.82, 2.24) is 0 Å². The number of hydrogen-bond donors (Lipinski definition) is 0. The van der Waals surface area contributed by atoms with Gasteiger partial charge in [0.1, 0.15) is 11.8 Å². The van der Waals surface area contributed by atoms with Crippen molar-refractivity contribution in [3.63, 3.8) is 0 Å². The van der Waals surface area contributed by atoms with Gasteiger partial charge in [0.25, 0.3) is 0 Å². The summed E-state index contributed by atoms with van der Waals surface area (Å²) in [7, 11) is 0. The highest BCUT2D eigenvalue weighted by molar-refractivity contribution is 6.17. The summed E-state index contributed by atoms with van der Waals surface area (Å²) < 4.78 is 5.73. The molecule has 0 saturated heterocycles. The molecule has 1 aromatic carbocycles. The highest BCUT2D eigenvalue weighted by Crippen LogP contribution is 2.27. The van der Waals surface area contributed by atoms with E-state index in [4.69, 9.17) is 16.0 Å². The Kier molecular flexibility index (Phi) is 4.77. The van der Waals surface area contributed by atoms with Crippen LogP contribution < -0.4 is 5.43 Å². The molecular weight excluding hydrogens is 310 g/mol. The third kappa shape index (κ3) is 3.02. The molecule has 0 amide bonds. The monoisotopic (exact) mass is 327 g/mol. The fraction of sp³-hybridized carbons (Fsp3) is 0.263. The molecule has 1 unspecified atom stereocenters. The SMILES string of the molecule is C/C=C\c1c(CCl)ccc2occ(C3CCC=CC=N3)c(=O)c12. The van der Waals surface area contributed by atoms with Crippen LogP contribution in [0.2, 0.25) is 0 Å². The molecule has 3 nitrogen and oxygen atoms in total. The normalized spacial score (nSPS) is 17.9. The van der Waals surface area contributed by atoms with Crippen molar-refractivity contribution in [2.45, 2.75) is 31.7 Å². The lowest BCUT2D eigenvalue weighted by Crippen LogP contribution is -2.14. The van der Waals surface area contributed by atoms with E-state index in [9.17, 15) is 4.79 Å². The first kappa shape index (κ1) is 15.8. The first-order valence-electron chi connectivity index (χ1n) is 7.70. The lowest BCUT2D eigenvalue weighted by atomic mass is 9.98. The summed E-state index contributed by atoms with van der Waals surface area (Å²) >= 11 is 6.03. The van der Waals surface area contributed by atoms with Gasteiger partial charge >= 0.3 is 0 Å². The summed E-state index contributed by atoms with van der Waals surface area (Å²) in [6.07, 6.45) is 12.8. The standard InChI is InChI=1S/C19H18ClNO2/c1-2-6-14-13(11-20)8-9-17-18(14)19(22)15(12-23-17)16-7-4-3-5-10-21-16/h2-3,5-6,8-10,12,16H,4,7,11H2,1H3/b6-2-. The maximum absolute atomic E-state index is 13.1. The smallest absolute Gasteiger partial charge is 0.198 e. The Morgan fingerprint density at radius 2 is 2.30 bits per heavy atom. The first-order valence-corrected chi connectivity index (χ1v) is 8.24. The van der Waals surface area contributed by atoms with Gasteiger partial charge in [0.05, 0.1) is 17.0 Å². The first-order chi connectivity index (χ1) is 11.3. The summed E-state index contributed by atoms with van der Waals surface area (Å²) in [6, 6.07) is 3.55. The van der Waals surface area contributed by atoms with Gasteiger partial charge in [-0.15, -0.1) is 11.6 Å². The predicted octanol–water partition coefficient (Wildman–Crippen LogP) is 5.03. The van der Waals surface area contributed by atoms with Crippen LogP contribution >= 0.6 is 11.6 Å². The molecule has 0 fully saturated rings. The second-order valence-electron chi connectivity index (χ2n) is 5.48. The van der Waals surface area contributed by atoms with Crippen LogP contribution in [0, 0.1) is 0 Å². The average Bonchev–Trinajstić information content (AvgIpc) is 2.85. The molecule has 1 aliphatic heterocycles. The van der Waals surface area contributed by atoms with Crippen molar-refractivity contribution in [3.05, 3.63) is 63.5 Å². The minimum Gasteiger partial charge on any atom is -0.464 e. The predicted molar refractivity (Wildman–Crippen MR) is 96.4 cm³/mol. The minimum absolute atomic E-state index is 0.0182. The number of allylic oxidation sites excluding steroid dienone is 3. The lowest BCUT2D eigenvalue weighted by molar-refractivity contribution is 0.568. The van der Waals surface area contributed by atoms with E-state index in [0.29, 0.717) is 22.4 Å². The van der Waals surface area contributed by atoms with Crippen LogP contribution in [0.25, 0.3) is 17.0 Å². The Morgan fingerprint density at radius 3 is 3.09 bits per heavy atom. The third-order valence-corrected chi connectivity index (χ3v) is 4.32. The van der Waals surface area contributed by atoms with E-state index in [1.54, 1.807) is 12.5 Å². The van der Waals surface area contributed by atoms with E-state index < -0.39 is 0 Å². The number of halogens is 1. The number of rotatable bonds is 3. The van der Waals surface area contributed by atoms with Crippen molar-refractivity contribution < 1.29 is 4.42 Å². The summed E-state index contributed by atoms with van der Waals surface area (Å²) in [6.45, 7) is 1.92. The van der Waals surface area contributed by atoms with Gasteiger partial charge in [-0.2, -0.15) is 0 Å². The summed E-state index contributed by atoms with van der Waals surface area (Å²) in [5, 5.41) is 0.589. The van der Waals surface area contributed by atoms with Crippen LogP contribution in [0.3, 0.4) is 0 Å². The molecule has 118 valence electrons. The van der Waals surface area contributed by atoms with Crippen molar-refractivity contribution in [2.75, 3.05) is 0 Å². The highest BCUT2D eigenvalue weighted by atomic mass is 35.5. The average molecular weight is 328 g/mol. The van der Waals surface area contributed by atoms with Crippen molar-refractivity contribution in [1.29, 1.82) is 0 Å². The number of hydrogen-bond acceptors (Lipinski definition) is 3. The number of aliphatic imine (C=N–C) groups is 1. The molecule has 2 aromatic rings. The molecule has 2 heterocycles. The van der Waals surface area contributed by atoms with Gasteiger partial charge in [-0.1, -0.05) is 24.3 Å². The van der Waals surface area contributed by atoms with Gasteiger partial charge in [0, 0.05) is 12.1 Å². The molecule has 1 atom stereocenters. The molecular formula is C19H18ClNO2. The molecule has 1 aromatic heterocycles. The van der Waals surface area contributed by atoms with E-state index >= 15 is 0 Å². The second kappa shape index (κ2) is 6.97. The zero-order chi connectivity index (χ0) is 16.2. The van der Waals surface area contributed by atoms with Crippen LogP contribution in [-0.2, 0) is 5.88 Å². The fourth-order valence-electron chi connectivity index (χ4n) is 2.88. The molecule has 0 saturated carbocycles. The zero-order valence-electron chi connectivity index (χ0n) is 13.0. The van der Waals surface area contributed by atoms with Crippen molar-refractivity contribution >= 4 is 34.9 Å². The van der Waals surface area contributed by atoms with E-state index in [0.717, 1.165) is 24.0 Å². The van der Waals surface area contributed by atoms with Gasteiger partial charge < -0.3 is 4.42 Å². The van der Waals surface area contributed by atoms with Gasteiger partial charge in [-0.3, -0.25) is 9.79 Å². The summed E-state index contributed by atoms with van der Waals surface area (Å²) in [5.74, 6) is 0.352.